The molecule has 2 aromatic carbocycles. The van der Waals surface area contributed by atoms with E-state index in [0.717, 1.165) is 11.3 Å². The molecule has 0 aromatic heterocycles. The van der Waals surface area contributed by atoms with Crippen LogP contribution in [0, 0.1) is 10.1 Å². The second-order valence-corrected chi connectivity index (χ2v) is 4.66. The highest BCUT2D eigenvalue weighted by Gasteiger charge is 2.04. The average Bonchev–Trinajstić information content (AvgIpc) is 2.55. The van der Waals surface area contributed by atoms with Crippen molar-refractivity contribution in [2.45, 2.75) is 6.61 Å². The van der Waals surface area contributed by atoms with Crippen molar-refractivity contribution >= 4 is 11.4 Å². The van der Waals surface area contributed by atoms with Gasteiger partial charge in [-0.1, -0.05) is 48.6 Å². The van der Waals surface area contributed by atoms with Crippen LogP contribution in [0.15, 0.2) is 66.7 Å². The van der Waals surface area contributed by atoms with Gasteiger partial charge in [-0.3, -0.25) is 10.1 Å². The lowest BCUT2D eigenvalue weighted by molar-refractivity contribution is -0.384. The first kappa shape index (κ1) is 15.7. The monoisotopic (exact) mass is 298 g/mol. The summed E-state index contributed by atoms with van der Waals surface area (Å²) < 4.78 is 5.52. The molecule has 22 heavy (non-hydrogen) atoms. The number of nitrogens with zero attached hydrogens (tertiary/aromatic N) is 1. The van der Waals surface area contributed by atoms with Gasteiger partial charge < -0.3 is 10.1 Å². The zero-order chi connectivity index (χ0) is 15.6. The van der Waals surface area contributed by atoms with E-state index < -0.39 is 4.92 Å². The second-order valence-electron chi connectivity index (χ2n) is 4.66. The van der Waals surface area contributed by atoms with Gasteiger partial charge in [-0.05, 0) is 11.6 Å². The highest BCUT2D eigenvalue weighted by atomic mass is 16.6. The molecule has 0 amide bonds. The Labute approximate surface area is 129 Å². The van der Waals surface area contributed by atoms with Gasteiger partial charge in [0, 0.05) is 24.4 Å². The maximum Gasteiger partial charge on any atom is 0.271 e. The van der Waals surface area contributed by atoms with Crippen molar-refractivity contribution in [3.8, 4) is 0 Å². The molecule has 5 heteroatoms. The van der Waals surface area contributed by atoms with E-state index in [9.17, 15) is 10.1 Å². The Morgan fingerprint density at radius 2 is 1.91 bits per heavy atom. The molecule has 0 aliphatic carbocycles. The Morgan fingerprint density at radius 3 is 2.68 bits per heavy atom. The van der Waals surface area contributed by atoms with Gasteiger partial charge >= 0.3 is 0 Å². The van der Waals surface area contributed by atoms with E-state index in [1.165, 1.54) is 12.1 Å². The van der Waals surface area contributed by atoms with E-state index in [4.69, 9.17) is 4.74 Å². The SMILES string of the molecule is O=[N+]([O-])c1cccc(NC/C=C\COCc2ccccc2)c1. The molecule has 0 spiro atoms. The first-order valence-electron chi connectivity index (χ1n) is 7.01. The first-order chi connectivity index (χ1) is 10.8. The van der Waals surface area contributed by atoms with E-state index in [1.807, 2.05) is 42.5 Å². The average molecular weight is 298 g/mol. The minimum atomic E-state index is -0.404. The summed E-state index contributed by atoms with van der Waals surface area (Å²) in [4.78, 5) is 10.3. The topological polar surface area (TPSA) is 64.4 Å². The predicted molar refractivity (Wildman–Crippen MR) is 86.8 cm³/mol. The Hall–Kier alpha value is -2.66. The number of hydrogen-bond acceptors (Lipinski definition) is 4. The van der Waals surface area contributed by atoms with Crippen LogP contribution in [0.5, 0.6) is 0 Å². The summed E-state index contributed by atoms with van der Waals surface area (Å²) in [5.74, 6) is 0. The van der Waals surface area contributed by atoms with Gasteiger partial charge in [0.2, 0.25) is 0 Å². The zero-order valence-electron chi connectivity index (χ0n) is 12.1. The first-order valence-corrected chi connectivity index (χ1v) is 7.01. The smallest absolute Gasteiger partial charge is 0.271 e. The number of nitro groups is 1. The van der Waals surface area contributed by atoms with Crippen LogP contribution in [0.3, 0.4) is 0 Å². The lowest BCUT2D eigenvalue weighted by atomic mass is 10.2. The van der Waals surface area contributed by atoms with Gasteiger partial charge in [0.15, 0.2) is 0 Å². The van der Waals surface area contributed by atoms with E-state index in [1.54, 1.807) is 12.1 Å². The van der Waals surface area contributed by atoms with Crippen molar-refractivity contribution in [1.82, 2.24) is 0 Å². The molecule has 0 fully saturated rings. The number of anilines is 1. The van der Waals surface area contributed by atoms with Crippen LogP contribution in [-0.2, 0) is 11.3 Å². The van der Waals surface area contributed by atoms with Gasteiger partial charge in [-0.25, -0.2) is 0 Å². The molecule has 2 rings (SSSR count). The number of ether oxygens (including phenoxy) is 1. The Kier molecular flexibility index (Phi) is 6.14. The third-order valence-corrected chi connectivity index (χ3v) is 2.97. The van der Waals surface area contributed by atoms with Crippen molar-refractivity contribution in [2.75, 3.05) is 18.5 Å². The zero-order valence-corrected chi connectivity index (χ0v) is 12.1. The van der Waals surface area contributed by atoms with Gasteiger partial charge in [0.1, 0.15) is 0 Å². The van der Waals surface area contributed by atoms with Gasteiger partial charge in [0.25, 0.3) is 5.69 Å². The molecule has 0 aliphatic rings. The number of rotatable bonds is 8. The fraction of sp³-hybridized carbons (Fsp3) is 0.176. The molecule has 0 radical (unpaired) electrons. The van der Waals surface area contributed by atoms with Gasteiger partial charge in [-0.15, -0.1) is 0 Å². The molecule has 2 aromatic rings. The summed E-state index contributed by atoms with van der Waals surface area (Å²) in [5.41, 5.74) is 1.95. The van der Waals surface area contributed by atoms with E-state index in [-0.39, 0.29) is 5.69 Å². The van der Waals surface area contributed by atoms with Gasteiger partial charge in [0.05, 0.1) is 18.1 Å². The highest BCUT2D eigenvalue weighted by molar-refractivity contribution is 5.51. The maximum atomic E-state index is 10.7. The van der Waals surface area contributed by atoms with Crippen LogP contribution in [0.25, 0.3) is 0 Å². The number of hydrogen-bond donors (Lipinski definition) is 1. The molecule has 114 valence electrons. The summed E-state index contributed by atoms with van der Waals surface area (Å²) in [7, 11) is 0. The molecule has 0 aliphatic heterocycles. The van der Waals surface area contributed by atoms with E-state index in [0.29, 0.717) is 19.8 Å². The molecular weight excluding hydrogens is 280 g/mol. The molecule has 1 N–H and O–H groups in total. The number of non-ortho nitro benzene ring substituents is 1. The minimum Gasteiger partial charge on any atom is -0.381 e. The van der Waals surface area contributed by atoms with Crippen LogP contribution in [0.4, 0.5) is 11.4 Å². The van der Waals surface area contributed by atoms with Crippen LogP contribution in [-0.4, -0.2) is 18.1 Å². The van der Waals surface area contributed by atoms with Crippen molar-refractivity contribution in [3.63, 3.8) is 0 Å². The summed E-state index contributed by atoms with van der Waals surface area (Å²) >= 11 is 0. The molecule has 0 atom stereocenters. The molecule has 0 unspecified atom stereocenters. The largest absolute Gasteiger partial charge is 0.381 e. The third-order valence-electron chi connectivity index (χ3n) is 2.97. The predicted octanol–water partition coefficient (Wildman–Crippen LogP) is 3.78. The van der Waals surface area contributed by atoms with Gasteiger partial charge in [-0.2, -0.15) is 0 Å². The highest BCUT2D eigenvalue weighted by Crippen LogP contribution is 2.16. The molecule has 0 saturated carbocycles. The molecular formula is C17H18N2O3. The summed E-state index contributed by atoms with van der Waals surface area (Å²) in [5, 5.41) is 13.8. The van der Waals surface area contributed by atoms with Crippen LogP contribution < -0.4 is 5.32 Å². The minimum absolute atomic E-state index is 0.0835. The molecule has 5 nitrogen and oxygen atoms in total. The standard InChI is InChI=1S/C17H18N2O3/c20-19(21)17-10-6-9-16(13-17)18-11-4-5-12-22-14-15-7-2-1-3-8-15/h1-10,13,18H,11-12,14H2/b5-4-. The quantitative estimate of drug-likeness (QED) is 0.348. The second kappa shape index (κ2) is 8.59. The van der Waals surface area contributed by atoms with Crippen molar-refractivity contribution in [2.24, 2.45) is 0 Å². The maximum absolute atomic E-state index is 10.7. The summed E-state index contributed by atoms with van der Waals surface area (Å²) in [6.07, 6.45) is 3.86. The van der Waals surface area contributed by atoms with Crippen molar-refractivity contribution in [1.29, 1.82) is 0 Å². The van der Waals surface area contributed by atoms with Crippen molar-refractivity contribution in [3.05, 3.63) is 82.4 Å². The van der Waals surface area contributed by atoms with Crippen LogP contribution in [0.2, 0.25) is 0 Å². The van der Waals surface area contributed by atoms with E-state index >= 15 is 0 Å². The summed E-state index contributed by atoms with van der Waals surface area (Å²) in [6, 6.07) is 16.4. The Morgan fingerprint density at radius 1 is 1.09 bits per heavy atom. The fourth-order valence-electron chi connectivity index (χ4n) is 1.88. The fourth-order valence-corrected chi connectivity index (χ4v) is 1.88. The lowest BCUT2D eigenvalue weighted by Gasteiger charge is -2.03. The molecule has 0 bridgehead atoms. The molecule has 0 heterocycles. The van der Waals surface area contributed by atoms with Crippen LogP contribution in [0.1, 0.15) is 5.56 Å². The normalized spacial score (nSPS) is 10.7. The molecule has 0 saturated heterocycles. The number of nitrogens with one attached hydrogen (secondary N) is 1. The summed E-state index contributed by atoms with van der Waals surface area (Å²) in [6.45, 7) is 1.71. The Bertz CT molecular complexity index is 627. The van der Waals surface area contributed by atoms with Crippen molar-refractivity contribution < 1.29 is 9.66 Å². The third kappa shape index (κ3) is 5.38. The number of benzene rings is 2. The number of nitro benzene ring substituents is 1. The van der Waals surface area contributed by atoms with Crippen LogP contribution >= 0.6 is 0 Å². The van der Waals surface area contributed by atoms with E-state index in [2.05, 4.69) is 5.32 Å². The Balaban J connectivity index is 1.66. The lowest BCUT2D eigenvalue weighted by Crippen LogP contribution is -1.99.